The van der Waals surface area contributed by atoms with E-state index in [0.29, 0.717) is 17.5 Å². The van der Waals surface area contributed by atoms with Crippen LogP contribution in [0.5, 0.6) is 0 Å². The Hall–Kier alpha value is -8.25. The number of aromatic nitrogens is 4. The second-order valence-electron chi connectivity index (χ2n) is 16.3. The number of hydrogen-bond donors (Lipinski definition) is 0. The molecule has 0 spiro atoms. The van der Waals surface area contributed by atoms with E-state index in [2.05, 4.69) is 199 Å². The Balaban J connectivity index is 1.15. The number of hydrogen-bond acceptors (Lipinski definition) is 4. The van der Waals surface area contributed by atoms with Gasteiger partial charge < -0.3 is 4.57 Å². The molecule has 4 nitrogen and oxygen atoms in total. The highest BCUT2D eigenvalue weighted by Crippen LogP contribution is 2.47. The minimum atomic E-state index is 0.613. The SMILES string of the molecule is c1ccc(-c2nc(-c3ccccc3-c3ccccc3)nc(-c3ccc(-n4c5ccccc5c5cc6ccccc6cc54)cc3-c3cc4ccccc4c4sc5ccccc5c34)n2)cc1. The van der Waals surface area contributed by atoms with Gasteiger partial charge in [0.1, 0.15) is 0 Å². The smallest absolute Gasteiger partial charge is 0.164 e. The fraction of sp³-hybridized carbons (Fsp3) is 0. The number of nitrogens with zero attached hydrogens (tertiary/aromatic N) is 4. The first-order valence-corrected chi connectivity index (χ1v) is 22.4. The van der Waals surface area contributed by atoms with E-state index in [1.807, 2.05) is 35.6 Å². The van der Waals surface area contributed by atoms with Crippen molar-refractivity contribution in [3.05, 3.63) is 218 Å². The number of rotatable bonds is 6. The zero-order valence-corrected chi connectivity index (χ0v) is 35.3. The van der Waals surface area contributed by atoms with E-state index in [9.17, 15) is 0 Å². The Labute approximate surface area is 373 Å². The number of thiophene rings is 1. The zero-order valence-electron chi connectivity index (χ0n) is 34.5. The quantitative estimate of drug-likeness (QED) is 0.168. The molecule has 0 bridgehead atoms. The maximum Gasteiger partial charge on any atom is 0.164 e. The third-order valence-electron chi connectivity index (χ3n) is 12.6. The van der Waals surface area contributed by atoms with Gasteiger partial charge in [-0.2, -0.15) is 0 Å². The molecule has 10 aromatic carbocycles. The number of para-hydroxylation sites is 1. The van der Waals surface area contributed by atoms with Crippen LogP contribution in [0.15, 0.2) is 218 Å². The average molecular weight is 833 g/mol. The Morgan fingerprint density at radius 3 is 1.69 bits per heavy atom. The summed E-state index contributed by atoms with van der Waals surface area (Å²) in [4.78, 5) is 16.1. The summed E-state index contributed by atoms with van der Waals surface area (Å²) in [5.74, 6) is 1.86. The van der Waals surface area contributed by atoms with Crippen molar-refractivity contribution in [2.45, 2.75) is 0 Å². The van der Waals surface area contributed by atoms with Crippen molar-refractivity contribution in [3.63, 3.8) is 0 Å². The van der Waals surface area contributed by atoms with Crippen molar-refractivity contribution in [3.8, 4) is 62.1 Å². The lowest BCUT2D eigenvalue weighted by Gasteiger charge is -2.17. The number of benzene rings is 10. The van der Waals surface area contributed by atoms with Crippen LogP contribution in [0, 0.1) is 0 Å². The third-order valence-corrected chi connectivity index (χ3v) is 13.8. The summed E-state index contributed by atoms with van der Waals surface area (Å²) < 4.78 is 4.96. The summed E-state index contributed by atoms with van der Waals surface area (Å²) in [5, 5.41) is 9.79. The first-order chi connectivity index (χ1) is 31.7. The van der Waals surface area contributed by atoms with Crippen LogP contribution < -0.4 is 0 Å². The lowest BCUT2D eigenvalue weighted by Crippen LogP contribution is -2.03. The van der Waals surface area contributed by atoms with Crippen LogP contribution in [0.1, 0.15) is 0 Å². The van der Waals surface area contributed by atoms with E-state index in [0.717, 1.165) is 55.7 Å². The van der Waals surface area contributed by atoms with Gasteiger partial charge in [0, 0.05) is 53.3 Å². The molecule has 0 N–H and O–H groups in total. The largest absolute Gasteiger partial charge is 0.309 e. The Kier molecular flexibility index (Phi) is 8.36. The molecule has 0 aliphatic rings. The molecule has 0 aliphatic heterocycles. The summed E-state index contributed by atoms with van der Waals surface area (Å²) >= 11 is 1.86. The van der Waals surface area contributed by atoms with Crippen LogP contribution in [0.2, 0.25) is 0 Å². The van der Waals surface area contributed by atoms with Gasteiger partial charge in [0.25, 0.3) is 0 Å². The van der Waals surface area contributed by atoms with Crippen molar-refractivity contribution >= 4 is 74.9 Å². The molecule has 3 aromatic heterocycles. The van der Waals surface area contributed by atoms with Gasteiger partial charge in [-0.1, -0.05) is 170 Å². The van der Waals surface area contributed by atoms with Crippen molar-refractivity contribution in [1.82, 2.24) is 19.5 Å². The maximum absolute atomic E-state index is 5.46. The summed E-state index contributed by atoms with van der Waals surface area (Å²) in [6, 6.07) is 78.1. The van der Waals surface area contributed by atoms with Crippen LogP contribution in [-0.2, 0) is 0 Å². The fourth-order valence-electron chi connectivity index (χ4n) is 9.68. The first-order valence-electron chi connectivity index (χ1n) is 21.6. The normalized spacial score (nSPS) is 11.8. The molecule has 298 valence electrons. The van der Waals surface area contributed by atoms with Gasteiger partial charge in [0.05, 0.1) is 11.0 Å². The molecule has 64 heavy (non-hydrogen) atoms. The van der Waals surface area contributed by atoms with Crippen LogP contribution in [0.3, 0.4) is 0 Å². The predicted octanol–water partition coefficient (Wildman–Crippen LogP) is 16.0. The van der Waals surface area contributed by atoms with E-state index in [4.69, 9.17) is 15.0 Å². The zero-order chi connectivity index (χ0) is 42.1. The molecule has 0 unspecified atom stereocenters. The maximum atomic E-state index is 5.46. The summed E-state index contributed by atoms with van der Waals surface area (Å²) in [5.41, 5.74) is 10.5. The summed E-state index contributed by atoms with van der Waals surface area (Å²) in [6.45, 7) is 0. The second-order valence-corrected chi connectivity index (χ2v) is 17.4. The van der Waals surface area contributed by atoms with Crippen LogP contribution in [0.4, 0.5) is 0 Å². The minimum Gasteiger partial charge on any atom is -0.309 e. The van der Waals surface area contributed by atoms with Gasteiger partial charge in [-0.05, 0) is 92.3 Å². The highest BCUT2D eigenvalue weighted by Gasteiger charge is 2.23. The van der Waals surface area contributed by atoms with Gasteiger partial charge in [-0.25, -0.2) is 15.0 Å². The van der Waals surface area contributed by atoms with Gasteiger partial charge in [-0.3, -0.25) is 0 Å². The minimum absolute atomic E-state index is 0.613. The Bertz CT molecular complexity index is 3960. The van der Waals surface area contributed by atoms with Crippen molar-refractivity contribution in [2.24, 2.45) is 0 Å². The summed E-state index contributed by atoms with van der Waals surface area (Å²) in [6.07, 6.45) is 0. The Morgan fingerprint density at radius 2 is 0.906 bits per heavy atom. The molecule has 0 fully saturated rings. The molecule has 0 atom stereocenters. The number of fused-ring (bicyclic) bond motifs is 9. The monoisotopic (exact) mass is 832 g/mol. The highest BCUT2D eigenvalue weighted by atomic mass is 32.1. The third kappa shape index (κ3) is 5.86. The van der Waals surface area contributed by atoms with Gasteiger partial charge >= 0.3 is 0 Å². The second kappa shape index (κ2) is 14.7. The van der Waals surface area contributed by atoms with E-state index in [-0.39, 0.29) is 0 Å². The molecule has 0 amide bonds. The van der Waals surface area contributed by atoms with E-state index in [1.54, 1.807) is 0 Å². The van der Waals surface area contributed by atoms with Crippen LogP contribution in [0.25, 0.3) is 126 Å². The van der Waals surface area contributed by atoms with Gasteiger partial charge in [0.2, 0.25) is 0 Å². The van der Waals surface area contributed by atoms with Crippen molar-refractivity contribution < 1.29 is 0 Å². The highest BCUT2D eigenvalue weighted by molar-refractivity contribution is 7.26. The molecule has 13 aromatic rings. The van der Waals surface area contributed by atoms with Crippen molar-refractivity contribution in [1.29, 1.82) is 0 Å². The molecule has 0 aliphatic carbocycles. The molecule has 0 saturated carbocycles. The summed E-state index contributed by atoms with van der Waals surface area (Å²) in [7, 11) is 0. The molecular weight excluding hydrogens is 797 g/mol. The molecule has 13 rings (SSSR count). The van der Waals surface area contributed by atoms with Gasteiger partial charge in [-0.15, -0.1) is 11.3 Å². The lowest BCUT2D eigenvalue weighted by atomic mass is 9.91. The first kappa shape index (κ1) is 36.4. The van der Waals surface area contributed by atoms with Crippen molar-refractivity contribution in [2.75, 3.05) is 0 Å². The van der Waals surface area contributed by atoms with E-state index in [1.165, 1.54) is 52.5 Å². The van der Waals surface area contributed by atoms with E-state index < -0.39 is 0 Å². The molecular formula is C59H36N4S. The lowest BCUT2D eigenvalue weighted by molar-refractivity contribution is 1.07. The van der Waals surface area contributed by atoms with E-state index >= 15 is 0 Å². The topological polar surface area (TPSA) is 43.6 Å². The standard InChI is InChI=1S/C59H36N4S/c1-3-17-37(18-4-1)43-24-11-12-27-46(43)58-60-57(38-19-5-2-6-20-38)61-59(62-58)47-32-31-42(63-52-29-15-13-26-45(52)50-33-39-21-7-8-22-40(39)35-53(50)63)36-49(47)51-34-41-23-9-10-25-44(41)56-55(51)48-28-14-16-30-54(48)64-56/h1-36H. The fourth-order valence-corrected chi connectivity index (χ4v) is 10.9. The molecule has 5 heteroatoms. The van der Waals surface area contributed by atoms with Gasteiger partial charge in [0.15, 0.2) is 17.5 Å². The molecule has 0 saturated heterocycles. The average Bonchev–Trinajstić information content (AvgIpc) is 3.92. The molecule has 0 radical (unpaired) electrons. The molecule has 3 heterocycles. The van der Waals surface area contributed by atoms with Crippen LogP contribution in [-0.4, -0.2) is 19.5 Å². The predicted molar refractivity (Wildman–Crippen MR) is 269 cm³/mol. The Morgan fingerprint density at radius 1 is 0.328 bits per heavy atom. The van der Waals surface area contributed by atoms with Crippen LogP contribution >= 0.6 is 11.3 Å².